The van der Waals surface area contributed by atoms with Gasteiger partial charge in [0, 0.05) is 30.8 Å². The summed E-state index contributed by atoms with van der Waals surface area (Å²) >= 11 is 0. The minimum atomic E-state index is 0.389. The van der Waals surface area contributed by atoms with Gasteiger partial charge in [-0.3, -0.25) is 0 Å². The lowest BCUT2D eigenvalue weighted by Gasteiger charge is -2.20. The van der Waals surface area contributed by atoms with E-state index < -0.39 is 0 Å². The van der Waals surface area contributed by atoms with Crippen molar-refractivity contribution < 1.29 is 0 Å². The van der Waals surface area contributed by atoms with Gasteiger partial charge in [0.05, 0.1) is 5.69 Å². The van der Waals surface area contributed by atoms with Crippen molar-refractivity contribution in [3.63, 3.8) is 0 Å². The van der Waals surface area contributed by atoms with Gasteiger partial charge in [-0.15, -0.1) is 0 Å². The molecule has 1 aromatic carbocycles. The van der Waals surface area contributed by atoms with E-state index in [9.17, 15) is 0 Å². The third kappa shape index (κ3) is 3.45. The molecule has 5 nitrogen and oxygen atoms in total. The Kier molecular flexibility index (Phi) is 4.48. The summed E-state index contributed by atoms with van der Waals surface area (Å²) in [4.78, 5) is 13.5. The third-order valence-corrected chi connectivity index (χ3v) is 4.59. The molecule has 1 atom stereocenters. The average Bonchev–Trinajstić information content (AvgIpc) is 3.08. The van der Waals surface area contributed by atoms with Gasteiger partial charge in [-0.25, -0.2) is 4.98 Å². The predicted molar refractivity (Wildman–Crippen MR) is 95.4 cm³/mol. The lowest BCUT2D eigenvalue weighted by molar-refractivity contribution is 0.321. The van der Waals surface area contributed by atoms with Crippen molar-refractivity contribution in [2.45, 2.75) is 25.8 Å². The first-order valence-electron chi connectivity index (χ1n) is 8.21. The summed E-state index contributed by atoms with van der Waals surface area (Å²) in [6.45, 7) is 4.23. The Labute approximate surface area is 138 Å². The molecule has 1 aliphatic rings. The molecule has 0 radical (unpaired) electrons. The number of rotatable bonds is 4. The molecule has 5 heteroatoms. The molecule has 3 rings (SSSR count). The van der Waals surface area contributed by atoms with E-state index in [-0.39, 0.29) is 0 Å². The first kappa shape index (κ1) is 15.7. The van der Waals surface area contributed by atoms with Gasteiger partial charge in [0.25, 0.3) is 0 Å². The van der Waals surface area contributed by atoms with Crippen molar-refractivity contribution in [3.05, 3.63) is 35.9 Å². The molecule has 1 saturated heterocycles. The van der Waals surface area contributed by atoms with Crippen LogP contribution in [0.4, 0.5) is 11.8 Å². The summed E-state index contributed by atoms with van der Waals surface area (Å²) in [7, 11) is 4.18. The Morgan fingerprint density at radius 1 is 1.09 bits per heavy atom. The second-order valence-electron chi connectivity index (χ2n) is 6.43. The monoisotopic (exact) mass is 311 g/mol. The Morgan fingerprint density at radius 3 is 2.35 bits per heavy atom. The summed E-state index contributed by atoms with van der Waals surface area (Å²) in [5.41, 5.74) is 9.26. The Balaban J connectivity index is 1.89. The van der Waals surface area contributed by atoms with Crippen LogP contribution >= 0.6 is 0 Å². The van der Waals surface area contributed by atoms with Crippen molar-refractivity contribution in [1.29, 1.82) is 0 Å². The summed E-state index contributed by atoms with van der Waals surface area (Å²) in [6.07, 6.45) is 2.40. The van der Waals surface area contributed by atoms with Crippen molar-refractivity contribution in [2.24, 2.45) is 0 Å². The maximum absolute atomic E-state index is 6.00. The van der Waals surface area contributed by atoms with E-state index in [1.807, 2.05) is 6.07 Å². The summed E-state index contributed by atoms with van der Waals surface area (Å²) in [5, 5.41) is 0. The molecular weight excluding hydrogens is 286 g/mol. The summed E-state index contributed by atoms with van der Waals surface area (Å²) < 4.78 is 0. The summed E-state index contributed by atoms with van der Waals surface area (Å²) in [6, 6.07) is 10.8. The molecule has 0 spiro atoms. The highest BCUT2D eigenvalue weighted by Crippen LogP contribution is 2.26. The first-order chi connectivity index (χ1) is 11.0. The van der Waals surface area contributed by atoms with Crippen LogP contribution in [0.3, 0.4) is 0 Å². The quantitative estimate of drug-likeness (QED) is 0.941. The third-order valence-electron chi connectivity index (χ3n) is 4.59. The highest BCUT2D eigenvalue weighted by Gasteiger charge is 2.16. The van der Waals surface area contributed by atoms with Gasteiger partial charge in [-0.05, 0) is 39.4 Å². The molecular formula is C18H25N5. The number of hydrogen-bond donors (Lipinski definition) is 1. The molecule has 2 heterocycles. The molecule has 0 unspecified atom stereocenters. The van der Waals surface area contributed by atoms with Gasteiger partial charge in [0.2, 0.25) is 5.95 Å². The standard InChI is InChI=1S/C18H25N5/c1-13(22(2)3)14-6-8-15(9-7-14)16-12-17(19)21-18(20-16)23-10-4-5-11-23/h6-9,12-13H,4-5,10-11H2,1-3H3,(H2,19,20,21)/t13-/m0/s1. The second kappa shape index (κ2) is 6.54. The molecule has 1 fully saturated rings. The molecule has 2 aromatic rings. The minimum Gasteiger partial charge on any atom is -0.384 e. The SMILES string of the molecule is C[C@@H](c1ccc(-c2cc(N)nc(N3CCCC3)n2)cc1)N(C)C. The minimum absolute atomic E-state index is 0.389. The Bertz CT molecular complexity index is 660. The molecule has 1 aliphatic heterocycles. The van der Waals surface area contributed by atoms with E-state index in [0.717, 1.165) is 30.3 Å². The van der Waals surface area contributed by atoms with Crippen molar-refractivity contribution in [1.82, 2.24) is 14.9 Å². The number of benzene rings is 1. The van der Waals surface area contributed by atoms with Gasteiger partial charge in [-0.2, -0.15) is 4.98 Å². The van der Waals surface area contributed by atoms with Crippen LogP contribution in [0.15, 0.2) is 30.3 Å². The van der Waals surface area contributed by atoms with Crippen LogP contribution in [0.25, 0.3) is 11.3 Å². The topological polar surface area (TPSA) is 58.3 Å². The molecule has 0 bridgehead atoms. The normalized spacial score (nSPS) is 16.1. The fourth-order valence-electron chi connectivity index (χ4n) is 2.89. The van der Waals surface area contributed by atoms with Gasteiger partial charge in [0.15, 0.2) is 0 Å². The average molecular weight is 311 g/mol. The van der Waals surface area contributed by atoms with Crippen LogP contribution in [-0.4, -0.2) is 42.1 Å². The fraction of sp³-hybridized carbons (Fsp3) is 0.444. The van der Waals surface area contributed by atoms with E-state index in [1.165, 1.54) is 18.4 Å². The number of anilines is 2. The van der Waals surface area contributed by atoms with Gasteiger partial charge < -0.3 is 15.5 Å². The highest BCUT2D eigenvalue weighted by molar-refractivity contribution is 5.64. The van der Waals surface area contributed by atoms with Crippen LogP contribution < -0.4 is 10.6 Å². The van der Waals surface area contributed by atoms with E-state index >= 15 is 0 Å². The largest absolute Gasteiger partial charge is 0.384 e. The summed E-state index contributed by atoms with van der Waals surface area (Å²) in [5.74, 6) is 1.28. The van der Waals surface area contributed by atoms with Gasteiger partial charge in [-0.1, -0.05) is 24.3 Å². The fourth-order valence-corrected chi connectivity index (χ4v) is 2.89. The highest BCUT2D eigenvalue weighted by atomic mass is 15.3. The zero-order valence-electron chi connectivity index (χ0n) is 14.2. The molecule has 2 N–H and O–H groups in total. The second-order valence-corrected chi connectivity index (χ2v) is 6.43. The van der Waals surface area contributed by atoms with E-state index in [2.05, 4.69) is 60.1 Å². The zero-order chi connectivity index (χ0) is 16.4. The molecule has 0 amide bonds. The van der Waals surface area contributed by atoms with Crippen molar-refractivity contribution in [3.8, 4) is 11.3 Å². The van der Waals surface area contributed by atoms with Crippen LogP contribution in [0, 0.1) is 0 Å². The number of hydrogen-bond acceptors (Lipinski definition) is 5. The van der Waals surface area contributed by atoms with Gasteiger partial charge >= 0.3 is 0 Å². The Morgan fingerprint density at radius 2 is 1.74 bits per heavy atom. The van der Waals surface area contributed by atoms with Gasteiger partial charge in [0.1, 0.15) is 5.82 Å². The molecule has 122 valence electrons. The zero-order valence-corrected chi connectivity index (χ0v) is 14.2. The number of nitrogen functional groups attached to an aromatic ring is 1. The first-order valence-corrected chi connectivity index (χ1v) is 8.21. The molecule has 0 aliphatic carbocycles. The maximum atomic E-state index is 6.00. The molecule has 1 aromatic heterocycles. The Hall–Kier alpha value is -2.14. The number of nitrogens with zero attached hydrogens (tertiary/aromatic N) is 4. The van der Waals surface area contributed by atoms with E-state index in [1.54, 1.807) is 0 Å². The van der Waals surface area contributed by atoms with Crippen molar-refractivity contribution in [2.75, 3.05) is 37.8 Å². The van der Waals surface area contributed by atoms with E-state index in [0.29, 0.717) is 11.9 Å². The van der Waals surface area contributed by atoms with Crippen LogP contribution in [0.1, 0.15) is 31.4 Å². The van der Waals surface area contributed by atoms with Crippen LogP contribution in [-0.2, 0) is 0 Å². The number of aromatic nitrogens is 2. The number of nitrogens with two attached hydrogens (primary N) is 1. The van der Waals surface area contributed by atoms with Crippen molar-refractivity contribution >= 4 is 11.8 Å². The van der Waals surface area contributed by atoms with E-state index in [4.69, 9.17) is 10.7 Å². The smallest absolute Gasteiger partial charge is 0.227 e. The lowest BCUT2D eigenvalue weighted by atomic mass is 10.0. The maximum Gasteiger partial charge on any atom is 0.227 e. The van der Waals surface area contributed by atoms with Crippen LogP contribution in [0.5, 0.6) is 0 Å². The van der Waals surface area contributed by atoms with Crippen LogP contribution in [0.2, 0.25) is 0 Å². The lowest BCUT2D eigenvalue weighted by Crippen LogP contribution is -2.21. The predicted octanol–water partition coefficient (Wildman–Crippen LogP) is 2.95. The molecule has 0 saturated carbocycles. The molecule has 23 heavy (non-hydrogen) atoms.